The Labute approximate surface area is 223 Å². The molecule has 3 heterocycles. The van der Waals surface area contributed by atoms with E-state index in [0.717, 1.165) is 49.1 Å². The Morgan fingerprint density at radius 3 is 2.47 bits per heavy atom. The first-order valence-electron chi connectivity index (χ1n) is 12.1. The fourth-order valence-electron chi connectivity index (χ4n) is 5.12. The van der Waals surface area contributed by atoms with E-state index in [2.05, 4.69) is 19.7 Å². The molecule has 1 aliphatic heterocycles. The van der Waals surface area contributed by atoms with Gasteiger partial charge in [0.2, 0.25) is 5.76 Å². The SMILES string of the molecule is CN1CCN(CC2(c3ccccc3)CC2(NS(=O)(=O)c2ccc(-c3cc(C(C)(F)F)on3)s2)C(=O)O)CC1. The Morgan fingerprint density at radius 1 is 1.18 bits per heavy atom. The maximum absolute atomic E-state index is 13.5. The lowest BCUT2D eigenvalue weighted by Gasteiger charge is -2.36. The number of carboxylic acids is 1. The summed E-state index contributed by atoms with van der Waals surface area (Å²) in [7, 11) is -2.26. The number of carbonyl (C=O) groups is 1. The molecule has 38 heavy (non-hydrogen) atoms. The topological polar surface area (TPSA) is 116 Å². The van der Waals surface area contributed by atoms with Crippen molar-refractivity contribution in [1.82, 2.24) is 19.7 Å². The van der Waals surface area contributed by atoms with Gasteiger partial charge in [-0.1, -0.05) is 35.5 Å². The Hall–Kier alpha value is -2.71. The molecule has 0 radical (unpaired) electrons. The molecule has 1 aromatic carbocycles. The van der Waals surface area contributed by atoms with Crippen molar-refractivity contribution >= 4 is 27.3 Å². The smallest absolute Gasteiger partial charge is 0.325 e. The van der Waals surface area contributed by atoms with E-state index >= 15 is 0 Å². The number of rotatable bonds is 9. The summed E-state index contributed by atoms with van der Waals surface area (Å²) in [5.74, 6) is -5.12. The number of likely N-dealkylation sites (N-methyl/N-ethyl adjacent to an activating group) is 1. The number of aliphatic carboxylic acids is 1. The summed E-state index contributed by atoms with van der Waals surface area (Å²) in [6.07, 6.45) is 0.0986. The minimum Gasteiger partial charge on any atom is -0.480 e. The Kier molecular flexibility index (Phi) is 6.71. The molecule has 2 aliphatic rings. The van der Waals surface area contributed by atoms with Gasteiger partial charge in [-0.25, -0.2) is 8.42 Å². The van der Waals surface area contributed by atoms with Gasteiger partial charge in [0.1, 0.15) is 15.4 Å². The second-order valence-electron chi connectivity index (χ2n) is 10.1. The van der Waals surface area contributed by atoms with Gasteiger partial charge in [0.25, 0.3) is 10.0 Å². The molecular weight excluding hydrogens is 538 g/mol. The maximum Gasteiger partial charge on any atom is 0.325 e. The van der Waals surface area contributed by atoms with E-state index in [0.29, 0.717) is 18.3 Å². The van der Waals surface area contributed by atoms with Gasteiger partial charge in [-0.05, 0) is 31.2 Å². The molecule has 0 amide bonds. The van der Waals surface area contributed by atoms with Gasteiger partial charge in [0.15, 0.2) is 0 Å². The first-order chi connectivity index (χ1) is 17.9. The van der Waals surface area contributed by atoms with Crippen LogP contribution in [0, 0.1) is 0 Å². The molecule has 1 saturated heterocycles. The molecule has 0 spiro atoms. The van der Waals surface area contributed by atoms with Gasteiger partial charge in [0.05, 0.1) is 4.88 Å². The van der Waals surface area contributed by atoms with Crippen LogP contribution in [0.1, 0.15) is 24.7 Å². The van der Waals surface area contributed by atoms with Crippen LogP contribution in [0.5, 0.6) is 0 Å². The third-order valence-corrected chi connectivity index (χ3v) is 10.5. The van der Waals surface area contributed by atoms with Crippen molar-refractivity contribution in [3.05, 3.63) is 59.9 Å². The summed E-state index contributed by atoms with van der Waals surface area (Å²) >= 11 is 0.802. The van der Waals surface area contributed by atoms with Crippen molar-refractivity contribution in [3.8, 4) is 10.6 Å². The molecule has 1 saturated carbocycles. The van der Waals surface area contributed by atoms with Crippen LogP contribution in [0.2, 0.25) is 0 Å². The summed E-state index contributed by atoms with van der Waals surface area (Å²) in [4.78, 5) is 17.4. The number of aromatic nitrogens is 1. The predicted octanol–water partition coefficient (Wildman–Crippen LogP) is 3.21. The molecule has 2 unspecified atom stereocenters. The van der Waals surface area contributed by atoms with Crippen LogP contribution in [0.3, 0.4) is 0 Å². The highest BCUT2D eigenvalue weighted by Gasteiger charge is 2.75. The summed E-state index contributed by atoms with van der Waals surface area (Å²) in [6.45, 7) is 4.23. The highest BCUT2D eigenvalue weighted by molar-refractivity contribution is 7.91. The molecule has 2 fully saturated rings. The molecule has 3 aromatic rings. The third-order valence-electron chi connectivity index (χ3n) is 7.39. The molecule has 13 heteroatoms. The summed E-state index contributed by atoms with van der Waals surface area (Å²) in [5, 5.41) is 14.0. The summed E-state index contributed by atoms with van der Waals surface area (Å²) in [5.41, 5.74) is -1.88. The quantitative estimate of drug-likeness (QED) is 0.406. The van der Waals surface area contributed by atoms with Gasteiger partial charge in [-0.15, -0.1) is 11.3 Å². The number of nitrogens with one attached hydrogen (secondary N) is 1. The molecule has 204 valence electrons. The lowest BCUT2D eigenvalue weighted by molar-refractivity contribution is -0.141. The largest absolute Gasteiger partial charge is 0.480 e. The lowest BCUT2D eigenvalue weighted by atomic mass is 9.89. The molecular formula is C25H28F2N4O5S2. The monoisotopic (exact) mass is 566 g/mol. The number of sulfonamides is 1. The second-order valence-corrected chi connectivity index (χ2v) is 13.1. The van der Waals surface area contributed by atoms with Crippen molar-refractivity contribution < 1.29 is 31.6 Å². The van der Waals surface area contributed by atoms with E-state index < -0.39 is 38.6 Å². The lowest BCUT2D eigenvalue weighted by Crippen LogP contribution is -2.54. The van der Waals surface area contributed by atoms with Gasteiger partial charge < -0.3 is 14.5 Å². The van der Waals surface area contributed by atoms with Gasteiger partial charge >= 0.3 is 11.9 Å². The number of alkyl halides is 2. The number of piperazine rings is 1. The van der Waals surface area contributed by atoms with E-state index in [4.69, 9.17) is 4.52 Å². The van der Waals surface area contributed by atoms with Crippen molar-refractivity contribution in [2.75, 3.05) is 39.8 Å². The van der Waals surface area contributed by atoms with Crippen LogP contribution < -0.4 is 4.72 Å². The average Bonchev–Trinajstić information content (AvgIpc) is 3.24. The first kappa shape index (κ1) is 26.9. The van der Waals surface area contributed by atoms with E-state index in [1.165, 1.54) is 12.1 Å². The zero-order valence-corrected chi connectivity index (χ0v) is 22.5. The van der Waals surface area contributed by atoms with Crippen LogP contribution in [0.4, 0.5) is 8.78 Å². The van der Waals surface area contributed by atoms with Gasteiger partial charge in [-0.3, -0.25) is 9.69 Å². The molecule has 1 aliphatic carbocycles. The minimum absolute atomic E-state index is 0.0704. The molecule has 0 bridgehead atoms. The molecule has 2 N–H and O–H groups in total. The van der Waals surface area contributed by atoms with Crippen LogP contribution in [0.25, 0.3) is 10.6 Å². The fourth-order valence-corrected chi connectivity index (χ4v) is 7.81. The number of hydrogen-bond donors (Lipinski definition) is 2. The number of benzene rings is 1. The third kappa shape index (κ3) is 4.77. The number of nitrogens with zero attached hydrogens (tertiary/aromatic N) is 3. The van der Waals surface area contributed by atoms with E-state index in [1.54, 1.807) is 0 Å². The minimum atomic E-state index is -4.28. The van der Waals surface area contributed by atoms with Crippen LogP contribution >= 0.6 is 11.3 Å². The zero-order chi connectivity index (χ0) is 27.3. The number of halogens is 2. The standard InChI is InChI=1S/C25H28F2N4O5S2/c1-23(26,27)20-14-18(28-36-20)19-8-9-21(37-19)38(34,35)29-25(22(32)33)15-24(25,17-6-4-3-5-7-17)16-31-12-10-30(2)11-13-31/h3-9,14,29H,10-13,15-16H2,1-2H3,(H,32,33). The normalized spacial score (nSPS) is 24.9. The summed E-state index contributed by atoms with van der Waals surface area (Å²) < 4.78 is 61.2. The van der Waals surface area contributed by atoms with Crippen LogP contribution in [-0.2, 0) is 26.2 Å². The number of thiophene rings is 1. The second kappa shape index (κ2) is 9.49. The van der Waals surface area contributed by atoms with Crippen LogP contribution in [-0.4, -0.2) is 79.8 Å². The van der Waals surface area contributed by atoms with Gasteiger partial charge in [0, 0.05) is 51.1 Å². The number of carboxylic acid groups (broad SMARTS) is 1. The molecule has 2 aromatic heterocycles. The fraction of sp³-hybridized carbons (Fsp3) is 0.440. The maximum atomic E-state index is 13.5. The van der Waals surface area contributed by atoms with Gasteiger partial charge in [-0.2, -0.15) is 13.5 Å². The molecule has 9 nitrogen and oxygen atoms in total. The Bertz CT molecular complexity index is 1430. The predicted molar refractivity (Wildman–Crippen MR) is 137 cm³/mol. The van der Waals surface area contributed by atoms with E-state index in [1.807, 2.05) is 37.4 Å². The molecule has 5 rings (SSSR count). The molecule has 2 atom stereocenters. The Balaban J connectivity index is 1.45. The highest BCUT2D eigenvalue weighted by Crippen LogP contribution is 2.59. The summed E-state index contributed by atoms with van der Waals surface area (Å²) in [6, 6.07) is 12.9. The zero-order valence-electron chi connectivity index (χ0n) is 20.9. The van der Waals surface area contributed by atoms with E-state index in [9.17, 15) is 27.1 Å². The first-order valence-corrected chi connectivity index (χ1v) is 14.4. The van der Waals surface area contributed by atoms with Crippen LogP contribution in [0.15, 0.2) is 57.3 Å². The van der Waals surface area contributed by atoms with E-state index in [-0.39, 0.29) is 16.3 Å². The van der Waals surface area contributed by atoms with Crippen molar-refractivity contribution in [2.45, 2.75) is 34.4 Å². The van der Waals surface area contributed by atoms with Crippen molar-refractivity contribution in [2.24, 2.45) is 0 Å². The van der Waals surface area contributed by atoms with Crippen molar-refractivity contribution in [1.29, 1.82) is 0 Å². The number of hydrogen-bond acceptors (Lipinski definition) is 8. The van der Waals surface area contributed by atoms with Crippen molar-refractivity contribution in [3.63, 3.8) is 0 Å². The Morgan fingerprint density at radius 2 is 1.87 bits per heavy atom. The average molecular weight is 567 g/mol. The highest BCUT2D eigenvalue weighted by atomic mass is 32.2.